The van der Waals surface area contributed by atoms with E-state index in [9.17, 15) is 0 Å². The van der Waals surface area contributed by atoms with Gasteiger partial charge in [-0.3, -0.25) is 11.3 Å². The third-order valence-corrected chi connectivity index (χ3v) is 4.66. The van der Waals surface area contributed by atoms with Crippen molar-refractivity contribution in [3.8, 4) is 0 Å². The standard InChI is InChI=1S/C18H22N2/c1-12-7-6-10-15(13(12)2)18(20-19)17-11-16(17)14-8-4-3-5-9-14/h3-10,16-18,20H,11,19H2,1-2H3. The number of hydrogen-bond acceptors (Lipinski definition) is 2. The first-order valence-corrected chi connectivity index (χ1v) is 7.29. The average Bonchev–Trinajstić information content (AvgIpc) is 3.26. The van der Waals surface area contributed by atoms with Crippen molar-refractivity contribution in [2.45, 2.75) is 32.2 Å². The van der Waals surface area contributed by atoms with Crippen molar-refractivity contribution >= 4 is 0 Å². The summed E-state index contributed by atoms with van der Waals surface area (Å²) in [6.45, 7) is 4.35. The molecule has 1 aliphatic rings. The number of aryl methyl sites for hydroxylation is 1. The zero-order chi connectivity index (χ0) is 14.1. The maximum Gasteiger partial charge on any atom is 0.0496 e. The average molecular weight is 266 g/mol. The second-order valence-electron chi connectivity index (χ2n) is 5.85. The highest BCUT2D eigenvalue weighted by Gasteiger charge is 2.44. The Hall–Kier alpha value is -1.64. The number of rotatable bonds is 4. The van der Waals surface area contributed by atoms with Crippen LogP contribution in [0.15, 0.2) is 48.5 Å². The topological polar surface area (TPSA) is 38.0 Å². The van der Waals surface area contributed by atoms with Crippen LogP contribution >= 0.6 is 0 Å². The van der Waals surface area contributed by atoms with Gasteiger partial charge in [0.15, 0.2) is 0 Å². The third kappa shape index (κ3) is 2.37. The van der Waals surface area contributed by atoms with E-state index in [4.69, 9.17) is 5.84 Å². The van der Waals surface area contributed by atoms with Crippen LogP contribution < -0.4 is 11.3 Å². The minimum atomic E-state index is 0.250. The fraction of sp³-hybridized carbons (Fsp3) is 0.333. The predicted molar refractivity (Wildman–Crippen MR) is 83.3 cm³/mol. The molecule has 3 unspecified atom stereocenters. The number of nitrogens with two attached hydrogens (primary N) is 1. The molecular weight excluding hydrogens is 244 g/mol. The molecule has 3 N–H and O–H groups in total. The SMILES string of the molecule is Cc1cccc(C(NN)C2CC2c2ccccc2)c1C. The van der Waals surface area contributed by atoms with Crippen LogP contribution in [0.25, 0.3) is 0 Å². The lowest BCUT2D eigenvalue weighted by atomic mass is 9.93. The Kier molecular flexibility index (Phi) is 3.60. The maximum atomic E-state index is 5.85. The first kappa shape index (κ1) is 13.3. The number of hydrazine groups is 1. The Labute approximate surface area is 121 Å². The Morgan fingerprint density at radius 1 is 1.05 bits per heavy atom. The molecule has 0 saturated heterocycles. The van der Waals surface area contributed by atoms with E-state index in [-0.39, 0.29) is 6.04 Å². The molecular formula is C18H22N2. The summed E-state index contributed by atoms with van der Waals surface area (Å²) in [5.74, 6) is 7.09. The van der Waals surface area contributed by atoms with E-state index in [1.807, 2.05) is 0 Å². The second-order valence-corrected chi connectivity index (χ2v) is 5.85. The van der Waals surface area contributed by atoms with Gasteiger partial charge in [0.25, 0.3) is 0 Å². The van der Waals surface area contributed by atoms with E-state index >= 15 is 0 Å². The molecule has 2 nitrogen and oxygen atoms in total. The molecule has 1 saturated carbocycles. The van der Waals surface area contributed by atoms with Crippen molar-refractivity contribution in [2.24, 2.45) is 11.8 Å². The summed E-state index contributed by atoms with van der Waals surface area (Å²) in [7, 11) is 0. The third-order valence-electron chi connectivity index (χ3n) is 4.66. The first-order valence-electron chi connectivity index (χ1n) is 7.29. The molecule has 0 heterocycles. The maximum absolute atomic E-state index is 5.85. The van der Waals surface area contributed by atoms with E-state index in [1.54, 1.807) is 0 Å². The summed E-state index contributed by atoms with van der Waals surface area (Å²) < 4.78 is 0. The monoisotopic (exact) mass is 266 g/mol. The molecule has 3 atom stereocenters. The van der Waals surface area contributed by atoms with Crippen LogP contribution in [0.1, 0.15) is 40.6 Å². The lowest BCUT2D eigenvalue weighted by Crippen LogP contribution is -2.30. The molecule has 0 aliphatic heterocycles. The van der Waals surface area contributed by atoms with E-state index in [0.717, 1.165) is 0 Å². The number of hydrogen-bond donors (Lipinski definition) is 2. The van der Waals surface area contributed by atoms with Crippen LogP contribution in [0.3, 0.4) is 0 Å². The summed E-state index contributed by atoms with van der Waals surface area (Å²) in [6, 6.07) is 17.5. The molecule has 0 amide bonds. The Morgan fingerprint density at radius 3 is 2.50 bits per heavy atom. The lowest BCUT2D eigenvalue weighted by molar-refractivity contribution is 0.485. The van der Waals surface area contributed by atoms with E-state index in [1.165, 1.54) is 28.7 Å². The van der Waals surface area contributed by atoms with Crippen LogP contribution in [0.2, 0.25) is 0 Å². The van der Waals surface area contributed by atoms with Crippen LogP contribution in [0.4, 0.5) is 0 Å². The van der Waals surface area contributed by atoms with Crippen LogP contribution in [-0.2, 0) is 0 Å². The molecule has 0 spiro atoms. The van der Waals surface area contributed by atoms with Crippen molar-refractivity contribution in [1.82, 2.24) is 5.43 Å². The molecule has 20 heavy (non-hydrogen) atoms. The molecule has 0 aromatic heterocycles. The molecule has 2 heteroatoms. The Morgan fingerprint density at radius 2 is 1.80 bits per heavy atom. The minimum absolute atomic E-state index is 0.250. The Bertz CT molecular complexity index is 592. The van der Waals surface area contributed by atoms with Crippen LogP contribution in [-0.4, -0.2) is 0 Å². The van der Waals surface area contributed by atoms with E-state index < -0.39 is 0 Å². The van der Waals surface area contributed by atoms with Gasteiger partial charge >= 0.3 is 0 Å². The van der Waals surface area contributed by atoms with Crippen molar-refractivity contribution in [2.75, 3.05) is 0 Å². The lowest BCUT2D eigenvalue weighted by Gasteiger charge is -2.20. The van der Waals surface area contributed by atoms with Crippen molar-refractivity contribution in [3.05, 3.63) is 70.8 Å². The van der Waals surface area contributed by atoms with E-state index in [0.29, 0.717) is 11.8 Å². The number of nitrogens with one attached hydrogen (secondary N) is 1. The van der Waals surface area contributed by atoms with Crippen LogP contribution in [0, 0.1) is 19.8 Å². The highest BCUT2D eigenvalue weighted by Crippen LogP contribution is 2.54. The number of benzene rings is 2. The zero-order valence-electron chi connectivity index (χ0n) is 12.1. The molecule has 0 radical (unpaired) electrons. The molecule has 2 aromatic rings. The van der Waals surface area contributed by atoms with Crippen LogP contribution in [0.5, 0.6) is 0 Å². The van der Waals surface area contributed by atoms with Crippen molar-refractivity contribution in [3.63, 3.8) is 0 Å². The van der Waals surface area contributed by atoms with Crippen molar-refractivity contribution in [1.29, 1.82) is 0 Å². The van der Waals surface area contributed by atoms with Crippen molar-refractivity contribution < 1.29 is 0 Å². The Balaban J connectivity index is 1.84. The summed E-state index contributed by atoms with van der Waals surface area (Å²) >= 11 is 0. The summed E-state index contributed by atoms with van der Waals surface area (Å²) in [5.41, 5.74) is 8.51. The first-order chi connectivity index (χ1) is 9.72. The van der Waals surface area contributed by atoms with Gasteiger partial charge in [-0.1, -0.05) is 48.5 Å². The predicted octanol–water partition coefficient (Wildman–Crippen LogP) is 3.61. The minimum Gasteiger partial charge on any atom is -0.271 e. The second kappa shape index (κ2) is 5.39. The van der Waals surface area contributed by atoms with Gasteiger partial charge in [-0.25, -0.2) is 0 Å². The largest absolute Gasteiger partial charge is 0.271 e. The van der Waals surface area contributed by atoms with Gasteiger partial charge in [-0.05, 0) is 54.4 Å². The molecule has 104 valence electrons. The van der Waals surface area contributed by atoms with Gasteiger partial charge in [0.05, 0.1) is 0 Å². The van der Waals surface area contributed by atoms with Gasteiger partial charge < -0.3 is 0 Å². The smallest absolute Gasteiger partial charge is 0.0496 e. The normalized spacial score (nSPS) is 22.6. The van der Waals surface area contributed by atoms with Gasteiger partial charge in [0.1, 0.15) is 0 Å². The van der Waals surface area contributed by atoms with Gasteiger partial charge in [0, 0.05) is 6.04 Å². The quantitative estimate of drug-likeness (QED) is 0.655. The fourth-order valence-electron chi connectivity index (χ4n) is 3.22. The molecule has 1 fully saturated rings. The fourth-order valence-corrected chi connectivity index (χ4v) is 3.22. The molecule has 1 aliphatic carbocycles. The highest BCUT2D eigenvalue weighted by molar-refractivity contribution is 5.38. The summed E-state index contributed by atoms with van der Waals surface area (Å²) in [4.78, 5) is 0. The van der Waals surface area contributed by atoms with Gasteiger partial charge in [-0.2, -0.15) is 0 Å². The molecule has 3 rings (SSSR count). The van der Waals surface area contributed by atoms with Gasteiger partial charge in [0.2, 0.25) is 0 Å². The molecule has 0 bridgehead atoms. The summed E-state index contributed by atoms with van der Waals surface area (Å²) in [6.07, 6.45) is 1.21. The van der Waals surface area contributed by atoms with Gasteiger partial charge in [-0.15, -0.1) is 0 Å². The highest BCUT2D eigenvalue weighted by atomic mass is 15.2. The zero-order valence-corrected chi connectivity index (χ0v) is 12.1. The van der Waals surface area contributed by atoms with E-state index in [2.05, 4.69) is 67.8 Å². The summed E-state index contributed by atoms with van der Waals surface area (Å²) in [5, 5.41) is 0. The molecule has 2 aromatic carbocycles.